The summed E-state index contributed by atoms with van der Waals surface area (Å²) in [6.45, 7) is 4.03. The van der Waals surface area contributed by atoms with Gasteiger partial charge in [0.2, 0.25) is 0 Å². The van der Waals surface area contributed by atoms with E-state index in [1.54, 1.807) is 26.4 Å². The van der Waals surface area contributed by atoms with Crippen LogP contribution < -0.4 is 19.5 Å². The van der Waals surface area contributed by atoms with E-state index in [1.807, 2.05) is 32.0 Å². The smallest absolute Gasteiger partial charge is 0.337 e. The number of rotatable bonds is 8. The van der Waals surface area contributed by atoms with Gasteiger partial charge in [-0.3, -0.25) is 4.79 Å². The lowest BCUT2D eigenvalue weighted by molar-refractivity contribution is -0.144. The number of carbonyl (C=O) groups is 2. The fraction of sp³-hybridized carbons (Fsp3) is 0.438. The van der Waals surface area contributed by atoms with Crippen LogP contribution in [0.15, 0.2) is 57.3 Å². The molecule has 0 spiro atoms. The van der Waals surface area contributed by atoms with Gasteiger partial charge in [0.05, 0.1) is 30.9 Å². The van der Waals surface area contributed by atoms with E-state index >= 15 is 0 Å². The number of benzene rings is 2. The molecule has 2 aromatic carbocycles. The minimum absolute atomic E-state index is 0.0296. The zero-order valence-corrected chi connectivity index (χ0v) is 25.4. The molecule has 0 bridgehead atoms. The van der Waals surface area contributed by atoms with Gasteiger partial charge in [-0.25, -0.2) is 4.79 Å². The van der Waals surface area contributed by atoms with Crippen molar-refractivity contribution in [1.82, 2.24) is 5.32 Å². The fourth-order valence-corrected chi connectivity index (χ4v) is 6.69. The lowest BCUT2D eigenvalue weighted by Crippen LogP contribution is -2.36. The van der Waals surface area contributed by atoms with E-state index in [1.165, 1.54) is 0 Å². The van der Waals surface area contributed by atoms with Crippen molar-refractivity contribution < 1.29 is 33.6 Å². The highest BCUT2D eigenvalue weighted by Gasteiger charge is 2.42. The largest absolute Gasteiger partial charge is 0.503 e. The molecule has 1 fully saturated rings. The Morgan fingerprint density at radius 1 is 1.02 bits per heavy atom. The second kappa shape index (κ2) is 12.2. The molecule has 0 saturated heterocycles. The summed E-state index contributed by atoms with van der Waals surface area (Å²) < 4.78 is 23.0. The highest BCUT2D eigenvalue weighted by molar-refractivity contribution is 9.10. The third-order valence-corrected chi connectivity index (χ3v) is 8.79. The number of dihydropyridines is 1. The number of methoxy groups -OCH3 is 2. The Kier molecular flexibility index (Phi) is 8.63. The predicted molar refractivity (Wildman–Crippen MR) is 157 cm³/mol. The lowest BCUT2D eigenvalue weighted by atomic mass is 9.71. The van der Waals surface area contributed by atoms with Gasteiger partial charge in [-0.15, -0.1) is 0 Å². The van der Waals surface area contributed by atoms with E-state index in [-0.39, 0.29) is 35.7 Å². The Balaban J connectivity index is 1.58. The van der Waals surface area contributed by atoms with Gasteiger partial charge in [0.25, 0.3) is 0 Å². The molecule has 2 N–H and O–H groups in total. The average Bonchev–Trinajstić information content (AvgIpc) is 3.47. The Morgan fingerprint density at radius 3 is 2.41 bits per heavy atom. The number of hydrogen-bond acceptors (Lipinski definition) is 8. The third-order valence-electron chi connectivity index (χ3n) is 8.19. The summed E-state index contributed by atoms with van der Waals surface area (Å²) in [6, 6.07) is 9.20. The second-order valence-electron chi connectivity index (χ2n) is 10.7. The third kappa shape index (κ3) is 5.69. The van der Waals surface area contributed by atoms with Crippen LogP contribution in [0.25, 0.3) is 0 Å². The van der Waals surface area contributed by atoms with Crippen molar-refractivity contribution in [2.24, 2.45) is 0 Å². The van der Waals surface area contributed by atoms with E-state index in [2.05, 4.69) is 21.2 Å². The first-order chi connectivity index (χ1) is 19.7. The summed E-state index contributed by atoms with van der Waals surface area (Å²) in [5.74, 6) is 0.260. The maximum atomic E-state index is 14.0. The minimum atomic E-state index is -0.671. The van der Waals surface area contributed by atoms with Gasteiger partial charge in [-0.05, 0) is 103 Å². The number of esters is 1. The number of carbonyl (C=O) groups excluding carboxylic acids is 2. The first kappa shape index (κ1) is 29.0. The summed E-state index contributed by atoms with van der Waals surface area (Å²) in [6.07, 6.45) is 4.48. The normalized spacial score (nSPS) is 21.0. The molecule has 2 aliphatic carbocycles. The molecule has 2 aromatic rings. The van der Waals surface area contributed by atoms with Crippen LogP contribution in [0.3, 0.4) is 0 Å². The van der Waals surface area contributed by atoms with Crippen molar-refractivity contribution >= 4 is 27.7 Å². The molecule has 1 saturated carbocycles. The SMILES string of the molecule is CCOc1cc([C@@H]2C(C(=O)OC3CCCC3)=C(C)NC3=C2C(=O)C[C@@H](c2ccc(OC)c(OC)c2)C3)cc(Br)c1O. The molecule has 1 heterocycles. The topological polar surface area (TPSA) is 103 Å². The fourth-order valence-electron chi connectivity index (χ4n) is 6.23. The first-order valence-corrected chi connectivity index (χ1v) is 14.9. The summed E-state index contributed by atoms with van der Waals surface area (Å²) in [5, 5.41) is 14.0. The highest BCUT2D eigenvalue weighted by Crippen LogP contribution is 2.49. The van der Waals surface area contributed by atoms with Crippen LogP contribution in [-0.2, 0) is 14.3 Å². The number of halogens is 1. The Bertz CT molecular complexity index is 1420. The van der Waals surface area contributed by atoms with E-state index < -0.39 is 11.9 Å². The van der Waals surface area contributed by atoms with Crippen molar-refractivity contribution in [2.75, 3.05) is 20.8 Å². The standard InChI is InChI=1S/C32H36BrNO7/c1-5-40-27-16-20(12-22(33)31(27)36)29-28(32(37)41-21-8-6-7-9-21)17(2)34-23-13-19(14-24(35)30(23)29)18-10-11-25(38-3)26(15-18)39-4/h10-12,15-16,19,21,29,34,36H,5-9,13-14H2,1-4H3/t19-,29+/m0/s1. The first-order valence-electron chi connectivity index (χ1n) is 14.1. The number of hydrogen-bond donors (Lipinski definition) is 2. The summed E-state index contributed by atoms with van der Waals surface area (Å²) >= 11 is 3.44. The van der Waals surface area contributed by atoms with Crippen molar-refractivity contribution in [2.45, 2.75) is 70.3 Å². The monoisotopic (exact) mass is 625 g/mol. The predicted octanol–water partition coefficient (Wildman–Crippen LogP) is 6.42. The van der Waals surface area contributed by atoms with Gasteiger partial charge in [-0.1, -0.05) is 6.07 Å². The Hall–Kier alpha value is -3.46. The Morgan fingerprint density at radius 2 is 1.73 bits per heavy atom. The number of ketones is 1. The molecular weight excluding hydrogens is 590 g/mol. The molecule has 0 aromatic heterocycles. The van der Waals surface area contributed by atoms with Gasteiger partial charge in [0.15, 0.2) is 28.8 Å². The summed E-state index contributed by atoms with van der Waals surface area (Å²) in [7, 11) is 3.18. The summed E-state index contributed by atoms with van der Waals surface area (Å²) in [4.78, 5) is 27.8. The molecule has 0 radical (unpaired) electrons. The molecular formula is C32H36BrNO7. The molecule has 218 valence electrons. The van der Waals surface area contributed by atoms with Crippen LogP contribution in [0.5, 0.6) is 23.0 Å². The zero-order chi connectivity index (χ0) is 29.3. The molecule has 0 unspecified atom stereocenters. The van der Waals surface area contributed by atoms with Gasteiger partial charge in [0, 0.05) is 29.3 Å². The number of aromatic hydroxyl groups is 1. The zero-order valence-electron chi connectivity index (χ0n) is 23.8. The van der Waals surface area contributed by atoms with Gasteiger partial charge in [0.1, 0.15) is 6.10 Å². The summed E-state index contributed by atoms with van der Waals surface area (Å²) in [5.41, 5.74) is 4.03. The highest BCUT2D eigenvalue weighted by atomic mass is 79.9. The van der Waals surface area contributed by atoms with Crippen LogP contribution in [-0.4, -0.2) is 43.8 Å². The number of phenolic OH excluding ortho intramolecular Hbond substituents is 1. The molecule has 8 nitrogen and oxygen atoms in total. The van der Waals surface area contributed by atoms with Gasteiger partial charge >= 0.3 is 5.97 Å². The van der Waals surface area contributed by atoms with E-state index in [0.717, 1.165) is 36.9 Å². The Labute approximate surface area is 248 Å². The van der Waals surface area contributed by atoms with Crippen LogP contribution in [0, 0.1) is 0 Å². The van der Waals surface area contributed by atoms with Crippen molar-refractivity contribution in [3.05, 3.63) is 68.5 Å². The van der Waals surface area contributed by atoms with Crippen LogP contribution in [0.1, 0.15) is 75.3 Å². The lowest BCUT2D eigenvalue weighted by Gasteiger charge is -2.37. The number of Topliss-reactive ketones (excluding diaryl/α,β-unsaturated/α-hetero) is 1. The molecule has 41 heavy (non-hydrogen) atoms. The maximum absolute atomic E-state index is 14.0. The number of phenols is 1. The minimum Gasteiger partial charge on any atom is -0.503 e. The number of allylic oxidation sites excluding steroid dienone is 3. The molecule has 3 aliphatic rings. The maximum Gasteiger partial charge on any atom is 0.337 e. The van der Waals surface area contributed by atoms with Crippen molar-refractivity contribution in [3.8, 4) is 23.0 Å². The molecule has 0 amide bonds. The number of nitrogens with one attached hydrogen (secondary N) is 1. The molecule has 2 atom stereocenters. The van der Waals surface area contributed by atoms with E-state index in [0.29, 0.717) is 51.4 Å². The van der Waals surface area contributed by atoms with Crippen LogP contribution >= 0.6 is 15.9 Å². The van der Waals surface area contributed by atoms with E-state index in [9.17, 15) is 14.7 Å². The molecule has 5 rings (SSSR count). The quantitative estimate of drug-likeness (QED) is 0.324. The van der Waals surface area contributed by atoms with Crippen molar-refractivity contribution in [1.29, 1.82) is 0 Å². The van der Waals surface area contributed by atoms with Crippen molar-refractivity contribution in [3.63, 3.8) is 0 Å². The van der Waals surface area contributed by atoms with Crippen LogP contribution in [0.4, 0.5) is 0 Å². The van der Waals surface area contributed by atoms with E-state index in [4.69, 9.17) is 18.9 Å². The van der Waals surface area contributed by atoms with Gasteiger partial charge < -0.3 is 29.4 Å². The molecule has 1 aliphatic heterocycles. The van der Waals surface area contributed by atoms with Gasteiger partial charge in [-0.2, -0.15) is 0 Å². The average molecular weight is 627 g/mol. The number of ether oxygens (including phenoxy) is 4. The second-order valence-corrected chi connectivity index (χ2v) is 11.6. The molecule has 9 heteroatoms. The van der Waals surface area contributed by atoms with Crippen LogP contribution in [0.2, 0.25) is 0 Å².